The van der Waals surface area contributed by atoms with Gasteiger partial charge in [-0.2, -0.15) is 0 Å². The normalized spacial score (nSPS) is 26.0. The molecule has 19 heavy (non-hydrogen) atoms. The highest BCUT2D eigenvalue weighted by Gasteiger charge is 2.50. The Morgan fingerprint density at radius 1 is 1.47 bits per heavy atom. The van der Waals surface area contributed by atoms with Crippen LogP contribution in [0.4, 0.5) is 0 Å². The molecule has 104 valence electrons. The van der Waals surface area contributed by atoms with Crippen LogP contribution < -0.4 is 0 Å². The van der Waals surface area contributed by atoms with Crippen molar-refractivity contribution in [3.63, 3.8) is 0 Å². The van der Waals surface area contributed by atoms with Crippen molar-refractivity contribution in [3.05, 3.63) is 10.4 Å². The monoisotopic (exact) mass is 266 g/mol. The van der Waals surface area contributed by atoms with Crippen molar-refractivity contribution < 1.29 is 14.7 Å². The van der Waals surface area contributed by atoms with E-state index in [1.54, 1.807) is 0 Å². The Kier molecular flexibility index (Phi) is 3.95. The van der Waals surface area contributed by atoms with Gasteiger partial charge in [0.25, 0.3) is 0 Å². The minimum Gasteiger partial charge on any atom is -0.479 e. The van der Waals surface area contributed by atoms with Gasteiger partial charge in [0.15, 0.2) is 0 Å². The Hall–Kier alpha value is -1.75. The maximum Gasteiger partial charge on any atom is 0.329 e. The van der Waals surface area contributed by atoms with Gasteiger partial charge in [0.05, 0.1) is 0 Å². The lowest BCUT2D eigenvalue weighted by atomic mass is 9.80. The number of hydrogen-bond donors (Lipinski definition) is 1. The minimum absolute atomic E-state index is 0.0541. The first-order valence-electron chi connectivity index (χ1n) is 6.65. The van der Waals surface area contributed by atoms with Crippen molar-refractivity contribution >= 4 is 11.9 Å². The molecule has 1 unspecified atom stereocenters. The molecule has 0 aromatic carbocycles. The maximum absolute atomic E-state index is 12.1. The summed E-state index contributed by atoms with van der Waals surface area (Å²) in [5.41, 5.74) is 7.28. The Morgan fingerprint density at radius 2 is 2.16 bits per heavy atom. The first kappa shape index (κ1) is 13.7. The SMILES string of the molecule is [N-]=[N+]=NCC1CC(=O)N(C2(C(=O)O)CCCCC2)C1. The summed E-state index contributed by atoms with van der Waals surface area (Å²) in [6.07, 6.45) is 4.06. The molecule has 1 saturated heterocycles. The van der Waals surface area contributed by atoms with Crippen molar-refractivity contribution in [2.24, 2.45) is 11.0 Å². The van der Waals surface area contributed by atoms with Gasteiger partial charge in [-0.25, -0.2) is 4.79 Å². The highest BCUT2D eigenvalue weighted by atomic mass is 16.4. The second-order valence-corrected chi connectivity index (χ2v) is 5.39. The van der Waals surface area contributed by atoms with Crippen LogP contribution in [0.3, 0.4) is 0 Å². The first-order valence-corrected chi connectivity index (χ1v) is 6.65. The molecule has 0 bridgehead atoms. The van der Waals surface area contributed by atoms with Crippen LogP contribution in [0.25, 0.3) is 10.4 Å². The number of azide groups is 1. The molecule has 2 fully saturated rings. The Balaban J connectivity index is 2.16. The first-order chi connectivity index (χ1) is 9.10. The summed E-state index contributed by atoms with van der Waals surface area (Å²) in [7, 11) is 0. The molecule has 7 nitrogen and oxygen atoms in total. The van der Waals surface area contributed by atoms with E-state index in [1.807, 2.05) is 0 Å². The predicted octanol–water partition coefficient (Wildman–Crippen LogP) is 1.93. The fourth-order valence-electron chi connectivity index (χ4n) is 3.21. The fraction of sp³-hybridized carbons (Fsp3) is 0.833. The summed E-state index contributed by atoms with van der Waals surface area (Å²) in [4.78, 5) is 28.0. The average molecular weight is 266 g/mol. The Bertz CT molecular complexity index is 425. The molecule has 0 aromatic rings. The zero-order valence-electron chi connectivity index (χ0n) is 10.8. The Labute approximate surface area is 111 Å². The molecule has 1 saturated carbocycles. The molecule has 1 heterocycles. The van der Waals surface area contributed by atoms with Crippen LogP contribution >= 0.6 is 0 Å². The number of amides is 1. The zero-order valence-corrected chi connectivity index (χ0v) is 10.8. The average Bonchev–Trinajstić information content (AvgIpc) is 2.78. The van der Waals surface area contributed by atoms with Crippen molar-refractivity contribution in [2.45, 2.75) is 44.1 Å². The molecule has 1 aliphatic heterocycles. The van der Waals surface area contributed by atoms with Crippen molar-refractivity contribution in [2.75, 3.05) is 13.1 Å². The smallest absolute Gasteiger partial charge is 0.329 e. The van der Waals surface area contributed by atoms with E-state index in [-0.39, 0.29) is 24.8 Å². The second kappa shape index (κ2) is 5.48. The van der Waals surface area contributed by atoms with Gasteiger partial charge in [0, 0.05) is 24.4 Å². The van der Waals surface area contributed by atoms with E-state index in [9.17, 15) is 14.7 Å². The van der Waals surface area contributed by atoms with Crippen LogP contribution in [-0.4, -0.2) is 40.5 Å². The third-order valence-electron chi connectivity index (χ3n) is 4.20. The highest BCUT2D eigenvalue weighted by Crippen LogP contribution is 2.38. The molecule has 0 spiro atoms. The molecule has 2 rings (SSSR count). The quantitative estimate of drug-likeness (QED) is 0.477. The Morgan fingerprint density at radius 3 is 2.74 bits per heavy atom. The van der Waals surface area contributed by atoms with Crippen LogP contribution in [0.1, 0.15) is 38.5 Å². The third-order valence-corrected chi connectivity index (χ3v) is 4.20. The summed E-state index contributed by atoms with van der Waals surface area (Å²) in [5, 5.41) is 13.0. The van der Waals surface area contributed by atoms with E-state index in [1.165, 1.54) is 4.90 Å². The molecular formula is C12H18N4O3. The summed E-state index contributed by atoms with van der Waals surface area (Å²) in [6, 6.07) is 0. The number of carboxylic acids is 1. The highest BCUT2D eigenvalue weighted by molar-refractivity contribution is 5.88. The topological polar surface area (TPSA) is 106 Å². The van der Waals surface area contributed by atoms with E-state index >= 15 is 0 Å². The van der Waals surface area contributed by atoms with Gasteiger partial charge in [-0.15, -0.1) is 0 Å². The molecule has 0 radical (unpaired) electrons. The van der Waals surface area contributed by atoms with Gasteiger partial charge in [-0.3, -0.25) is 4.79 Å². The summed E-state index contributed by atoms with van der Waals surface area (Å²) >= 11 is 0. The van der Waals surface area contributed by atoms with E-state index < -0.39 is 11.5 Å². The predicted molar refractivity (Wildman–Crippen MR) is 67.3 cm³/mol. The molecule has 1 aliphatic carbocycles. The standard InChI is InChI=1S/C12H18N4O3/c13-15-14-7-9-6-10(17)16(8-9)12(11(18)19)4-2-1-3-5-12/h9H,1-8H2,(H,18,19). The fourth-order valence-corrected chi connectivity index (χ4v) is 3.21. The molecule has 1 atom stereocenters. The van der Waals surface area contributed by atoms with Gasteiger partial charge in [0.2, 0.25) is 5.91 Å². The van der Waals surface area contributed by atoms with Crippen molar-refractivity contribution in [1.29, 1.82) is 0 Å². The number of carbonyl (C=O) groups is 2. The molecular weight excluding hydrogens is 248 g/mol. The van der Waals surface area contributed by atoms with Gasteiger partial charge in [-0.05, 0) is 24.3 Å². The molecule has 1 N–H and O–H groups in total. The molecule has 1 amide bonds. The summed E-state index contributed by atoms with van der Waals surface area (Å²) < 4.78 is 0. The van der Waals surface area contributed by atoms with E-state index in [0.717, 1.165) is 19.3 Å². The molecule has 2 aliphatic rings. The third kappa shape index (κ3) is 2.51. The van der Waals surface area contributed by atoms with Crippen molar-refractivity contribution in [3.8, 4) is 0 Å². The summed E-state index contributed by atoms with van der Waals surface area (Å²) in [5.74, 6) is -1.08. The van der Waals surface area contributed by atoms with E-state index in [0.29, 0.717) is 19.4 Å². The van der Waals surface area contributed by atoms with E-state index in [2.05, 4.69) is 10.0 Å². The zero-order chi connectivity index (χ0) is 13.9. The van der Waals surface area contributed by atoms with Gasteiger partial charge < -0.3 is 10.0 Å². The summed E-state index contributed by atoms with van der Waals surface area (Å²) in [6.45, 7) is 0.651. The van der Waals surface area contributed by atoms with Crippen LogP contribution in [0.5, 0.6) is 0 Å². The lowest BCUT2D eigenvalue weighted by Gasteiger charge is -2.41. The minimum atomic E-state index is -1.03. The van der Waals surface area contributed by atoms with Gasteiger partial charge in [-0.1, -0.05) is 24.4 Å². The maximum atomic E-state index is 12.1. The number of rotatable bonds is 4. The molecule has 0 aromatic heterocycles. The number of likely N-dealkylation sites (tertiary alicyclic amines) is 1. The van der Waals surface area contributed by atoms with Crippen LogP contribution in [0.15, 0.2) is 5.11 Å². The lowest BCUT2D eigenvalue weighted by molar-refractivity contribution is -0.159. The largest absolute Gasteiger partial charge is 0.479 e. The van der Waals surface area contributed by atoms with Gasteiger partial charge >= 0.3 is 5.97 Å². The van der Waals surface area contributed by atoms with Crippen LogP contribution in [-0.2, 0) is 9.59 Å². The number of carboxylic acid groups (broad SMARTS) is 1. The van der Waals surface area contributed by atoms with E-state index in [4.69, 9.17) is 5.53 Å². The van der Waals surface area contributed by atoms with Crippen LogP contribution in [0.2, 0.25) is 0 Å². The lowest BCUT2D eigenvalue weighted by Crippen LogP contribution is -2.56. The molecule has 7 heteroatoms. The number of nitrogens with zero attached hydrogens (tertiary/aromatic N) is 4. The number of carbonyl (C=O) groups excluding carboxylic acids is 1. The van der Waals surface area contributed by atoms with Gasteiger partial charge in [0.1, 0.15) is 5.54 Å². The van der Waals surface area contributed by atoms with Crippen LogP contribution in [0, 0.1) is 5.92 Å². The second-order valence-electron chi connectivity index (χ2n) is 5.39. The number of aliphatic carboxylic acids is 1. The number of hydrogen-bond acceptors (Lipinski definition) is 3. The van der Waals surface area contributed by atoms with Crippen molar-refractivity contribution in [1.82, 2.24) is 4.90 Å².